The third-order valence-corrected chi connectivity index (χ3v) is 3.64. The molecular weight excluding hydrogens is 362 g/mol. The third kappa shape index (κ3) is 3.19. The summed E-state index contributed by atoms with van der Waals surface area (Å²) in [5, 5.41) is 0. The van der Waals surface area contributed by atoms with Gasteiger partial charge < -0.3 is 9.72 Å². The van der Waals surface area contributed by atoms with Gasteiger partial charge in [-0.05, 0) is 53.3 Å². The first-order valence-electron chi connectivity index (χ1n) is 5.56. The van der Waals surface area contributed by atoms with Crippen molar-refractivity contribution in [2.75, 3.05) is 7.11 Å². The Labute approximate surface area is 123 Å². The van der Waals surface area contributed by atoms with Gasteiger partial charge in [-0.15, -0.1) is 0 Å². The topological polar surface area (TPSA) is 55.0 Å². The molecule has 2 aromatic rings. The second kappa shape index (κ2) is 5.79. The fourth-order valence-corrected chi connectivity index (χ4v) is 2.16. The molecule has 0 aliphatic heterocycles. The number of methoxy groups -OCH3 is 1. The fourth-order valence-electron chi connectivity index (χ4n) is 1.75. The van der Waals surface area contributed by atoms with Gasteiger partial charge in [0.2, 0.25) is 0 Å². The highest BCUT2D eigenvalue weighted by molar-refractivity contribution is 14.1. The molecular formula is C13H12FIN2O2. The molecule has 4 nitrogen and oxygen atoms in total. The highest BCUT2D eigenvalue weighted by Crippen LogP contribution is 2.19. The van der Waals surface area contributed by atoms with Crippen LogP contribution in [0.25, 0.3) is 11.4 Å². The van der Waals surface area contributed by atoms with Crippen molar-refractivity contribution in [3.63, 3.8) is 0 Å². The second-order valence-electron chi connectivity index (χ2n) is 4.13. The molecule has 0 unspecified atom stereocenters. The first kappa shape index (κ1) is 14.1. The Balaban J connectivity index is 2.59. The van der Waals surface area contributed by atoms with Crippen LogP contribution < -0.4 is 5.56 Å². The molecule has 1 aromatic carbocycles. The Morgan fingerprint density at radius 3 is 2.79 bits per heavy atom. The number of aromatic amines is 1. The number of aromatic nitrogens is 2. The van der Waals surface area contributed by atoms with Crippen molar-refractivity contribution in [3.05, 3.63) is 49.2 Å². The van der Waals surface area contributed by atoms with Gasteiger partial charge in [-0.3, -0.25) is 4.79 Å². The number of hydrogen-bond donors (Lipinski definition) is 1. The van der Waals surface area contributed by atoms with E-state index >= 15 is 0 Å². The summed E-state index contributed by atoms with van der Waals surface area (Å²) in [4.78, 5) is 18.8. The Kier molecular flexibility index (Phi) is 4.31. The van der Waals surface area contributed by atoms with Crippen molar-refractivity contribution >= 4 is 22.6 Å². The van der Waals surface area contributed by atoms with Crippen LogP contribution in [0.3, 0.4) is 0 Å². The minimum absolute atomic E-state index is 0.240. The number of nitrogens with one attached hydrogen (secondary N) is 1. The van der Waals surface area contributed by atoms with E-state index in [1.165, 1.54) is 19.2 Å². The minimum atomic E-state index is -0.357. The number of nitrogens with zero attached hydrogens (tertiary/aromatic N) is 1. The van der Waals surface area contributed by atoms with Gasteiger partial charge in [0.15, 0.2) is 0 Å². The number of aryl methyl sites for hydroxylation is 1. The molecule has 1 heterocycles. The van der Waals surface area contributed by atoms with Gasteiger partial charge in [0, 0.05) is 12.7 Å². The lowest BCUT2D eigenvalue weighted by atomic mass is 10.1. The Morgan fingerprint density at radius 1 is 1.42 bits per heavy atom. The summed E-state index contributed by atoms with van der Waals surface area (Å²) in [6, 6.07) is 4.53. The lowest BCUT2D eigenvalue weighted by Crippen LogP contribution is -2.16. The van der Waals surface area contributed by atoms with Crippen LogP contribution >= 0.6 is 22.6 Å². The maximum absolute atomic E-state index is 13.4. The maximum Gasteiger partial charge on any atom is 0.264 e. The number of ether oxygens (including phenoxy) is 1. The number of halogens is 2. The second-order valence-corrected chi connectivity index (χ2v) is 5.20. The van der Waals surface area contributed by atoms with Crippen molar-refractivity contribution in [2.24, 2.45) is 0 Å². The zero-order valence-electron chi connectivity index (χ0n) is 10.5. The van der Waals surface area contributed by atoms with Gasteiger partial charge >= 0.3 is 0 Å². The lowest BCUT2D eigenvalue weighted by molar-refractivity contribution is 0.180. The summed E-state index contributed by atoms with van der Waals surface area (Å²) in [5.74, 6) is -0.00967. The molecule has 0 amide bonds. The molecule has 0 radical (unpaired) electrons. The number of H-pyrrole nitrogens is 1. The molecule has 0 aliphatic carbocycles. The van der Waals surface area contributed by atoms with E-state index in [1.807, 2.05) is 22.6 Å². The smallest absolute Gasteiger partial charge is 0.264 e. The van der Waals surface area contributed by atoms with Crippen molar-refractivity contribution in [1.82, 2.24) is 9.97 Å². The van der Waals surface area contributed by atoms with E-state index in [4.69, 9.17) is 4.74 Å². The number of benzene rings is 1. The predicted molar refractivity (Wildman–Crippen MR) is 78.4 cm³/mol. The van der Waals surface area contributed by atoms with E-state index in [9.17, 15) is 9.18 Å². The molecule has 0 bridgehead atoms. The van der Waals surface area contributed by atoms with Gasteiger partial charge in [-0.25, -0.2) is 9.37 Å². The van der Waals surface area contributed by atoms with Crippen LogP contribution in [-0.4, -0.2) is 17.1 Å². The largest absolute Gasteiger partial charge is 0.378 e. The zero-order valence-corrected chi connectivity index (χ0v) is 12.6. The van der Waals surface area contributed by atoms with Crippen LogP contribution in [-0.2, 0) is 11.3 Å². The van der Waals surface area contributed by atoms with Gasteiger partial charge in [0.25, 0.3) is 5.56 Å². The summed E-state index contributed by atoms with van der Waals surface area (Å²) in [5.41, 5.74) is 1.61. The Hall–Kier alpha value is -1.28. The maximum atomic E-state index is 13.4. The lowest BCUT2D eigenvalue weighted by Gasteiger charge is -2.07. The van der Waals surface area contributed by atoms with Crippen LogP contribution in [0.5, 0.6) is 0 Å². The fraction of sp³-hybridized carbons (Fsp3) is 0.231. The molecule has 0 aliphatic rings. The van der Waals surface area contributed by atoms with E-state index < -0.39 is 0 Å². The Morgan fingerprint density at radius 2 is 2.16 bits per heavy atom. The number of rotatable bonds is 3. The van der Waals surface area contributed by atoms with Gasteiger partial charge in [-0.2, -0.15) is 0 Å². The van der Waals surface area contributed by atoms with Crippen LogP contribution in [0, 0.1) is 16.3 Å². The molecule has 0 saturated carbocycles. The van der Waals surface area contributed by atoms with Gasteiger partial charge in [-0.1, -0.05) is 0 Å². The molecule has 0 spiro atoms. The summed E-state index contributed by atoms with van der Waals surface area (Å²) in [6.45, 7) is 2.02. The molecule has 1 aromatic heterocycles. The Bertz CT molecular complexity index is 650. The zero-order chi connectivity index (χ0) is 14.0. The van der Waals surface area contributed by atoms with Gasteiger partial charge in [0.1, 0.15) is 15.2 Å². The molecule has 0 atom stereocenters. The average molecular weight is 374 g/mol. The van der Waals surface area contributed by atoms with Crippen LogP contribution in [0.15, 0.2) is 23.0 Å². The van der Waals surface area contributed by atoms with Crippen LogP contribution in [0.4, 0.5) is 4.39 Å². The molecule has 1 N–H and O–H groups in total. The molecule has 100 valence electrons. The summed E-state index contributed by atoms with van der Waals surface area (Å²) < 4.78 is 18.9. The SMILES string of the molecule is COCc1nc(-c2cc(C)cc(F)c2)[nH]c(=O)c1I. The first-order chi connectivity index (χ1) is 9.01. The standard InChI is InChI=1S/C13H12FIN2O2/c1-7-3-8(5-9(14)4-7)12-16-10(6-19-2)11(15)13(18)17-12/h3-5H,6H2,1-2H3,(H,16,17,18). The van der Waals surface area contributed by atoms with E-state index in [0.717, 1.165) is 5.56 Å². The van der Waals surface area contributed by atoms with Crippen LogP contribution in [0.1, 0.15) is 11.3 Å². The minimum Gasteiger partial charge on any atom is -0.378 e. The monoisotopic (exact) mass is 374 g/mol. The van der Waals surface area contributed by atoms with E-state index in [1.54, 1.807) is 13.0 Å². The van der Waals surface area contributed by atoms with E-state index in [-0.39, 0.29) is 18.0 Å². The highest BCUT2D eigenvalue weighted by atomic mass is 127. The van der Waals surface area contributed by atoms with Crippen molar-refractivity contribution < 1.29 is 9.13 Å². The van der Waals surface area contributed by atoms with Crippen LogP contribution in [0.2, 0.25) is 0 Å². The average Bonchev–Trinajstić information content (AvgIpc) is 2.33. The van der Waals surface area contributed by atoms with Crippen molar-refractivity contribution in [3.8, 4) is 11.4 Å². The quantitative estimate of drug-likeness (QED) is 0.841. The molecule has 0 fully saturated rings. The molecule has 2 rings (SSSR count). The molecule has 19 heavy (non-hydrogen) atoms. The molecule has 0 saturated heterocycles. The summed E-state index contributed by atoms with van der Waals surface area (Å²) >= 11 is 1.92. The highest BCUT2D eigenvalue weighted by Gasteiger charge is 2.11. The number of hydrogen-bond acceptors (Lipinski definition) is 3. The predicted octanol–water partition coefficient (Wildman–Crippen LogP) is 2.64. The van der Waals surface area contributed by atoms with Gasteiger partial charge in [0.05, 0.1) is 12.3 Å². The third-order valence-electron chi connectivity index (χ3n) is 2.53. The summed E-state index contributed by atoms with van der Waals surface area (Å²) in [6.07, 6.45) is 0. The summed E-state index contributed by atoms with van der Waals surface area (Å²) in [7, 11) is 1.53. The van der Waals surface area contributed by atoms with Crippen molar-refractivity contribution in [2.45, 2.75) is 13.5 Å². The van der Waals surface area contributed by atoms with E-state index in [2.05, 4.69) is 9.97 Å². The van der Waals surface area contributed by atoms with Crippen molar-refractivity contribution in [1.29, 1.82) is 0 Å². The normalized spacial score (nSPS) is 10.7. The van der Waals surface area contributed by atoms with E-state index in [0.29, 0.717) is 20.7 Å². The first-order valence-corrected chi connectivity index (χ1v) is 6.64. The molecule has 6 heteroatoms.